The second-order valence-corrected chi connectivity index (χ2v) is 11.0. The number of benzene rings is 1. The highest BCUT2D eigenvalue weighted by atomic mass is 16.1. The average molecular weight is 509 g/mol. The Balaban J connectivity index is 0.00000217. The van der Waals surface area contributed by atoms with Crippen molar-refractivity contribution in [3.63, 3.8) is 0 Å². The minimum absolute atomic E-state index is 0.00587. The van der Waals surface area contributed by atoms with Crippen molar-refractivity contribution in [2.24, 2.45) is 17.8 Å². The van der Waals surface area contributed by atoms with E-state index in [1.807, 2.05) is 13.8 Å². The Morgan fingerprint density at radius 3 is 2.16 bits per heavy atom. The molecule has 4 nitrogen and oxygen atoms in total. The third kappa shape index (κ3) is 9.37. The summed E-state index contributed by atoms with van der Waals surface area (Å²) >= 11 is 0. The quantitative estimate of drug-likeness (QED) is 0.241. The van der Waals surface area contributed by atoms with Gasteiger partial charge in [0.25, 0.3) is 0 Å². The Kier molecular flexibility index (Phi) is 13.7. The van der Waals surface area contributed by atoms with E-state index < -0.39 is 0 Å². The van der Waals surface area contributed by atoms with E-state index in [2.05, 4.69) is 52.5 Å². The van der Waals surface area contributed by atoms with E-state index in [9.17, 15) is 19.2 Å². The largest absolute Gasteiger partial charge is 0.300 e. The van der Waals surface area contributed by atoms with E-state index in [0.717, 1.165) is 59.9 Å². The second kappa shape index (κ2) is 15.7. The van der Waals surface area contributed by atoms with E-state index in [-0.39, 0.29) is 53.2 Å². The Morgan fingerprint density at radius 2 is 1.68 bits per heavy atom. The topological polar surface area (TPSA) is 68.3 Å². The summed E-state index contributed by atoms with van der Waals surface area (Å²) in [5.74, 6) is 5.97. The van der Waals surface area contributed by atoms with Crippen LogP contribution in [-0.4, -0.2) is 23.1 Å². The van der Waals surface area contributed by atoms with Gasteiger partial charge >= 0.3 is 0 Å². The molecule has 3 atom stereocenters. The average Bonchev–Trinajstić information content (AvgIpc) is 2.78. The lowest BCUT2D eigenvalue weighted by Gasteiger charge is -2.33. The molecule has 0 saturated heterocycles. The van der Waals surface area contributed by atoms with Crippen LogP contribution in [0.4, 0.5) is 0 Å². The highest BCUT2D eigenvalue weighted by Gasteiger charge is 2.34. The molecule has 0 heterocycles. The van der Waals surface area contributed by atoms with Crippen LogP contribution < -0.4 is 0 Å². The zero-order valence-electron chi connectivity index (χ0n) is 24.7. The molecule has 0 amide bonds. The lowest BCUT2D eigenvalue weighted by molar-refractivity contribution is -0.130. The van der Waals surface area contributed by atoms with Crippen molar-refractivity contribution in [2.75, 3.05) is 0 Å². The van der Waals surface area contributed by atoms with Gasteiger partial charge in [0.2, 0.25) is 5.78 Å². The summed E-state index contributed by atoms with van der Waals surface area (Å²) in [5, 5.41) is 0. The maximum Gasteiger partial charge on any atom is 0.202 e. The van der Waals surface area contributed by atoms with Gasteiger partial charge in [0, 0.05) is 30.4 Å². The number of rotatable bonds is 10. The van der Waals surface area contributed by atoms with E-state index in [1.165, 1.54) is 20.3 Å². The number of carbonyl (C=O) groups excluding carboxylic acids is 4. The first-order valence-electron chi connectivity index (χ1n) is 14.2. The van der Waals surface area contributed by atoms with Crippen LogP contribution in [0.5, 0.6) is 0 Å². The molecule has 37 heavy (non-hydrogen) atoms. The van der Waals surface area contributed by atoms with E-state index in [0.29, 0.717) is 6.42 Å². The lowest BCUT2D eigenvalue weighted by atomic mass is 9.70. The van der Waals surface area contributed by atoms with Gasteiger partial charge < -0.3 is 0 Å². The van der Waals surface area contributed by atoms with E-state index >= 15 is 0 Å². The standard InChI is InChI=1S/C30H40O4.C3H8/c1-8-10-24(25(9-2)28(33)13-20(6)32)14-22-15-27-26(18(3)4)17-23(12-11-19(5)31)21(7)30(27)29(34)16-22;1-3-2/h17-18,22,24-25H,8-10,13-16H2,1-7H3;3H2,1-2H3. The van der Waals surface area contributed by atoms with Crippen molar-refractivity contribution in [1.82, 2.24) is 0 Å². The molecule has 0 spiro atoms. The molecule has 0 aliphatic heterocycles. The predicted octanol–water partition coefficient (Wildman–Crippen LogP) is 7.60. The van der Waals surface area contributed by atoms with Crippen LogP contribution in [0.2, 0.25) is 0 Å². The Bertz CT molecular complexity index is 1030. The smallest absolute Gasteiger partial charge is 0.202 e. The van der Waals surface area contributed by atoms with Crippen molar-refractivity contribution in [2.45, 2.75) is 120 Å². The third-order valence-corrected chi connectivity index (χ3v) is 7.11. The maximum atomic E-state index is 13.4. The molecule has 4 heteroatoms. The van der Waals surface area contributed by atoms with Crippen molar-refractivity contribution >= 4 is 23.1 Å². The molecule has 2 rings (SSSR count). The molecular formula is C33H48O4. The summed E-state index contributed by atoms with van der Waals surface area (Å²) in [6.45, 7) is 17.5. The molecule has 0 saturated carbocycles. The molecule has 1 aromatic carbocycles. The lowest BCUT2D eigenvalue weighted by Crippen LogP contribution is -2.30. The van der Waals surface area contributed by atoms with Crippen molar-refractivity contribution in [3.8, 4) is 11.8 Å². The molecule has 0 aromatic heterocycles. The number of hydrogen-bond acceptors (Lipinski definition) is 4. The highest BCUT2D eigenvalue weighted by Crippen LogP contribution is 2.39. The van der Waals surface area contributed by atoms with E-state index in [4.69, 9.17) is 0 Å². The first kappa shape index (κ1) is 32.5. The van der Waals surface area contributed by atoms with Gasteiger partial charge in [-0.05, 0) is 79.5 Å². The Morgan fingerprint density at radius 1 is 1.05 bits per heavy atom. The van der Waals surface area contributed by atoms with E-state index in [1.54, 1.807) is 0 Å². The SMILES string of the molecule is CCC.CCCC(CC1CC(=O)c2c(C)c(C#CC(C)=O)cc(C(C)C)c2C1)C(CC)C(=O)CC(C)=O. The monoisotopic (exact) mass is 508 g/mol. The summed E-state index contributed by atoms with van der Waals surface area (Å²) in [6.07, 6.45) is 5.98. The normalized spacial score (nSPS) is 16.1. The predicted molar refractivity (Wildman–Crippen MR) is 152 cm³/mol. The van der Waals surface area contributed by atoms with Crippen LogP contribution in [0, 0.1) is 36.5 Å². The van der Waals surface area contributed by atoms with Gasteiger partial charge in [-0.25, -0.2) is 0 Å². The molecule has 204 valence electrons. The van der Waals surface area contributed by atoms with Crippen LogP contribution in [0.3, 0.4) is 0 Å². The van der Waals surface area contributed by atoms with Crippen LogP contribution in [0.25, 0.3) is 0 Å². The maximum absolute atomic E-state index is 13.4. The summed E-state index contributed by atoms with van der Waals surface area (Å²) in [4.78, 5) is 49.2. The molecule has 0 fully saturated rings. The number of fused-ring (bicyclic) bond motifs is 1. The number of hydrogen-bond donors (Lipinski definition) is 0. The highest BCUT2D eigenvalue weighted by molar-refractivity contribution is 6.01. The van der Waals surface area contributed by atoms with Crippen LogP contribution >= 0.6 is 0 Å². The Labute approximate surface area is 225 Å². The fourth-order valence-electron chi connectivity index (χ4n) is 5.63. The molecule has 0 N–H and O–H groups in total. The first-order valence-corrected chi connectivity index (χ1v) is 14.2. The van der Waals surface area contributed by atoms with Gasteiger partial charge in [-0.2, -0.15) is 0 Å². The minimum Gasteiger partial charge on any atom is -0.300 e. The molecular weight excluding hydrogens is 460 g/mol. The van der Waals surface area contributed by atoms with Gasteiger partial charge in [-0.3, -0.25) is 19.2 Å². The van der Waals surface area contributed by atoms with Gasteiger partial charge in [-0.15, -0.1) is 0 Å². The third-order valence-electron chi connectivity index (χ3n) is 7.11. The molecule has 1 aromatic rings. The van der Waals surface area contributed by atoms with Crippen molar-refractivity contribution < 1.29 is 19.2 Å². The summed E-state index contributed by atoms with van der Waals surface area (Å²) in [7, 11) is 0. The summed E-state index contributed by atoms with van der Waals surface area (Å²) in [5.41, 5.74) is 4.64. The number of ketones is 4. The molecule has 0 bridgehead atoms. The summed E-state index contributed by atoms with van der Waals surface area (Å²) < 4.78 is 0. The van der Waals surface area contributed by atoms with Crippen LogP contribution in [-0.2, 0) is 20.8 Å². The van der Waals surface area contributed by atoms with Gasteiger partial charge in [0.05, 0.1) is 6.42 Å². The molecule has 1 aliphatic rings. The zero-order chi connectivity index (χ0) is 28.3. The second-order valence-electron chi connectivity index (χ2n) is 11.0. The minimum atomic E-state index is -0.193. The van der Waals surface area contributed by atoms with Gasteiger partial charge in [-0.1, -0.05) is 66.7 Å². The molecule has 1 aliphatic carbocycles. The summed E-state index contributed by atoms with van der Waals surface area (Å²) in [6, 6.07) is 2.05. The van der Waals surface area contributed by atoms with Crippen molar-refractivity contribution in [3.05, 3.63) is 33.9 Å². The molecule has 3 unspecified atom stereocenters. The Hall–Kier alpha value is -2.54. The van der Waals surface area contributed by atoms with Gasteiger partial charge in [0.1, 0.15) is 11.6 Å². The number of Topliss-reactive ketones (excluding diaryl/α,β-unsaturated/α-hetero) is 4. The first-order chi connectivity index (χ1) is 17.4. The zero-order valence-corrected chi connectivity index (χ0v) is 24.7. The fourth-order valence-corrected chi connectivity index (χ4v) is 5.63. The van der Waals surface area contributed by atoms with Crippen molar-refractivity contribution in [1.29, 1.82) is 0 Å². The van der Waals surface area contributed by atoms with Gasteiger partial charge in [0.15, 0.2) is 5.78 Å². The van der Waals surface area contributed by atoms with Crippen LogP contribution in [0.1, 0.15) is 139 Å². The molecule has 0 radical (unpaired) electrons. The van der Waals surface area contributed by atoms with Crippen LogP contribution in [0.15, 0.2) is 6.07 Å². The number of carbonyl (C=O) groups is 4. The fraction of sp³-hybridized carbons (Fsp3) is 0.636.